The van der Waals surface area contributed by atoms with Gasteiger partial charge in [0.15, 0.2) is 0 Å². The second-order valence-electron chi connectivity index (χ2n) is 9.12. The van der Waals surface area contributed by atoms with Gasteiger partial charge in [0.1, 0.15) is 6.61 Å². The Morgan fingerprint density at radius 3 is 2.15 bits per heavy atom. The quantitative estimate of drug-likeness (QED) is 0.494. The first kappa shape index (κ1) is 24.3. The number of rotatable bonds is 10. The first-order valence-corrected chi connectivity index (χ1v) is 11.3. The summed E-state index contributed by atoms with van der Waals surface area (Å²) in [4.78, 5) is 35.8. The highest BCUT2D eigenvalue weighted by Crippen LogP contribution is 2.44. The molecule has 3 rings (SSSR count). The number of ether oxygens (including phenoxy) is 1. The van der Waals surface area contributed by atoms with Gasteiger partial charge in [-0.25, -0.2) is 4.79 Å². The number of hydrogen-bond acceptors (Lipinski definition) is 4. The molecule has 0 saturated carbocycles. The number of amides is 2. The molecule has 0 saturated heterocycles. The van der Waals surface area contributed by atoms with Gasteiger partial charge in [-0.05, 0) is 48.9 Å². The average Bonchev–Trinajstić information content (AvgIpc) is 3.08. The predicted octanol–water partition coefficient (Wildman–Crippen LogP) is 4.45. The lowest BCUT2D eigenvalue weighted by Crippen LogP contribution is -2.48. The maximum atomic E-state index is 12.5. The summed E-state index contributed by atoms with van der Waals surface area (Å²) in [5.41, 5.74) is 3.77. The number of carbonyl (C=O) groups is 3. The number of hydrogen-bond donors (Lipinski definition) is 3. The van der Waals surface area contributed by atoms with Crippen molar-refractivity contribution >= 4 is 18.0 Å². The molecule has 33 heavy (non-hydrogen) atoms. The van der Waals surface area contributed by atoms with Crippen molar-refractivity contribution in [1.82, 2.24) is 10.6 Å². The summed E-state index contributed by atoms with van der Waals surface area (Å²) in [6.45, 7) is 5.61. The number of fused-ring (bicyclic) bond motifs is 3. The van der Waals surface area contributed by atoms with Crippen LogP contribution in [0.25, 0.3) is 11.1 Å². The van der Waals surface area contributed by atoms with E-state index in [4.69, 9.17) is 9.84 Å². The van der Waals surface area contributed by atoms with Gasteiger partial charge >= 0.3 is 12.1 Å². The average molecular weight is 453 g/mol. The van der Waals surface area contributed by atoms with Crippen molar-refractivity contribution in [3.8, 4) is 11.1 Å². The molecule has 0 heterocycles. The van der Waals surface area contributed by atoms with Gasteiger partial charge in [0.05, 0.1) is 0 Å². The Hall–Kier alpha value is -3.35. The molecule has 0 radical (unpaired) electrons. The highest BCUT2D eigenvalue weighted by atomic mass is 16.5. The van der Waals surface area contributed by atoms with Crippen LogP contribution in [-0.4, -0.2) is 41.3 Å². The Bertz CT molecular complexity index is 972. The SMILES string of the molecule is CCC(CCC(=O)O)NC(=O)CC(C)(C)NC(=O)OCC1c2ccccc2-c2ccccc21. The minimum Gasteiger partial charge on any atom is -0.481 e. The number of aliphatic carboxylic acids is 1. The molecular weight excluding hydrogens is 420 g/mol. The van der Waals surface area contributed by atoms with E-state index < -0.39 is 17.6 Å². The molecule has 0 aromatic heterocycles. The van der Waals surface area contributed by atoms with Crippen LogP contribution >= 0.6 is 0 Å². The van der Waals surface area contributed by atoms with Crippen LogP contribution in [0.5, 0.6) is 0 Å². The minimum atomic E-state index is -0.889. The zero-order valence-corrected chi connectivity index (χ0v) is 19.4. The predicted molar refractivity (Wildman–Crippen MR) is 126 cm³/mol. The monoisotopic (exact) mass is 452 g/mol. The van der Waals surface area contributed by atoms with E-state index in [9.17, 15) is 14.4 Å². The number of alkyl carbamates (subject to hydrolysis) is 1. The molecule has 176 valence electrons. The molecule has 7 heteroatoms. The maximum absolute atomic E-state index is 12.5. The largest absolute Gasteiger partial charge is 0.481 e. The minimum absolute atomic E-state index is 0.000178. The zero-order chi connectivity index (χ0) is 24.0. The van der Waals surface area contributed by atoms with E-state index in [1.807, 2.05) is 31.2 Å². The van der Waals surface area contributed by atoms with Crippen LogP contribution in [0.3, 0.4) is 0 Å². The molecule has 2 amide bonds. The second-order valence-corrected chi connectivity index (χ2v) is 9.12. The molecule has 0 fully saturated rings. The lowest BCUT2D eigenvalue weighted by atomic mass is 9.98. The maximum Gasteiger partial charge on any atom is 0.407 e. The fourth-order valence-electron chi connectivity index (χ4n) is 4.31. The van der Waals surface area contributed by atoms with Crippen LogP contribution in [0, 0.1) is 0 Å². The van der Waals surface area contributed by atoms with E-state index in [1.54, 1.807) is 13.8 Å². The highest BCUT2D eigenvalue weighted by molar-refractivity contribution is 5.80. The summed E-state index contributed by atoms with van der Waals surface area (Å²) in [5.74, 6) is -1.16. The van der Waals surface area contributed by atoms with Gasteiger partial charge in [-0.15, -0.1) is 0 Å². The van der Waals surface area contributed by atoms with Crippen LogP contribution in [0.15, 0.2) is 48.5 Å². The zero-order valence-electron chi connectivity index (χ0n) is 19.4. The van der Waals surface area contributed by atoms with E-state index in [0.717, 1.165) is 22.3 Å². The molecule has 1 unspecified atom stereocenters. The third-order valence-electron chi connectivity index (χ3n) is 5.95. The normalized spacial score (nSPS) is 13.5. The Labute approximate surface area is 194 Å². The van der Waals surface area contributed by atoms with Crippen LogP contribution < -0.4 is 10.6 Å². The second kappa shape index (κ2) is 10.5. The summed E-state index contributed by atoms with van der Waals surface area (Å²) in [7, 11) is 0. The van der Waals surface area contributed by atoms with Gasteiger partial charge in [-0.1, -0.05) is 55.5 Å². The molecule has 2 aromatic carbocycles. The molecule has 0 spiro atoms. The van der Waals surface area contributed by atoms with Gasteiger partial charge in [-0.2, -0.15) is 0 Å². The molecule has 3 N–H and O–H groups in total. The van der Waals surface area contributed by atoms with Crippen molar-refractivity contribution in [3.05, 3.63) is 59.7 Å². The van der Waals surface area contributed by atoms with Crippen molar-refractivity contribution in [2.24, 2.45) is 0 Å². The van der Waals surface area contributed by atoms with Gasteiger partial charge in [0, 0.05) is 30.3 Å². The summed E-state index contributed by atoms with van der Waals surface area (Å²) >= 11 is 0. The van der Waals surface area contributed by atoms with Crippen LogP contribution in [0.4, 0.5) is 4.79 Å². The lowest BCUT2D eigenvalue weighted by Gasteiger charge is -2.27. The van der Waals surface area contributed by atoms with Crippen molar-refractivity contribution < 1.29 is 24.2 Å². The fourth-order valence-corrected chi connectivity index (χ4v) is 4.31. The Morgan fingerprint density at radius 2 is 1.61 bits per heavy atom. The topological polar surface area (TPSA) is 105 Å². The molecule has 1 aliphatic carbocycles. The van der Waals surface area contributed by atoms with Crippen molar-refractivity contribution in [2.45, 2.75) is 64.0 Å². The first-order chi connectivity index (χ1) is 15.7. The third kappa shape index (κ3) is 6.34. The Balaban J connectivity index is 1.54. The molecular formula is C26H32N2O5. The third-order valence-corrected chi connectivity index (χ3v) is 5.95. The number of carboxylic acids is 1. The number of carboxylic acid groups (broad SMARTS) is 1. The van der Waals surface area contributed by atoms with E-state index in [2.05, 4.69) is 34.9 Å². The molecule has 1 atom stereocenters. The highest BCUT2D eigenvalue weighted by Gasteiger charge is 2.30. The van der Waals surface area contributed by atoms with Crippen molar-refractivity contribution in [3.63, 3.8) is 0 Å². The standard InChI is InChI=1S/C26H32N2O5/c1-4-17(13-14-24(30)31)27-23(29)15-26(2,3)28-25(32)33-16-22-20-11-7-5-9-18(20)19-10-6-8-12-21(19)22/h5-12,17,22H,4,13-16H2,1-3H3,(H,27,29)(H,28,32)(H,30,31). The van der Waals surface area contributed by atoms with E-state index in [1.165, 1.54) is 0 Å². The molecule has 0 aliphatic heterocycles. The van der Waals surface area contributed by atoms with Gasteiger partial charge in [0.2, 0.25) is 5.91 Å². The molecule has 0 bridgehead atoms. The fraction of sp³-hybridized carbons (Fsp3) is 0.423. The smallest absolute Gasteiger partial charge is 0.407 e. The Morgan fingerprint density at radius 1 is 1.03 bits per heavy atom. The van der Waals surface area contributed by atoms with Gasteiger partial charge in [0.25, 0.3) is 0 Å². The number of benzene rings is 2. The van der Waals surface area contributed by atoms with Crippen LogP contribution in [0.2, 0.25) is 0 Å². The molecule has 2 aromatic rings. The van der Waals surface area contributed by atoms with E-state index in [-0.39, 0.29) is 37.3 Å². The van der Waals surface area contributed by atoms with Gasteiger partial charge in [-0.3, -0.25) is 9.59 Å². The summed E-state index contributed by atoms with van der Waals surface area (Å²) in [6.07, 6.45) is 0.491. The van der Waals surface area contributed by atoms with Crippen molar-refractivity contribution in [1.29, 1.82) is 0 Å². The van der Waals surface area contributed by atoms with Crippen molar-refractivity contribution in [2.75, 3.05) is 6.61 Å². The number of nitrogens with one attached hydrogen (secondary N) is 2. The summed E-state index contributed by atoms with van der Waals surface area (Å²) < 4.78 is 5.58. The first-order valence-electron chi connectivity index (χ1n) is 11.3. The van der Waals surface area contributed by atoms with E-state index in [0.29, 0.717) is 12.8 Å². The van der Waals surface area contributed by atoms with Crippen LogP contribution in [0.1, 0.15) is 63.5 Å². The molecule has 7 nitrogen and oxygen atoms in total. The number of carbonyl (C=O) groups excluding carboxylic acids is 2. The lowest BCUT2D eigenvalue weighted by molar-refractivity contribution is -0.137. The Kier molecular flexibility index (Phi) is 7.74. The van der Waals surface area contributed by atoms with E-state index >= 15 is 0 Å². The van der Waals surface area contributed by atoms with Gasteiger partial charge < -0.3 is 20.5 Å². The summed E-state index contributed by atoms with van der Waals surface area (Å²) in [5, 5.41) is 14.5. The summed E-state index contributed by atoms with van der Waals surface area (Å²) in [6, 6.07) is 16.0. The van der Waals surface area contributed by atoms with Crippen LogP contribution in [-0.2, 0) is 14.3 Å². The molecule has 1 aliphatic rings.